The van der Waals surface area contributed by atoms with E-state index in [-0.39, 0.29) is 12.5 Å². The number of benzene rings is 1. The van der Waals surface area contributed by atoms with Crippen LogP contribution in [0, 0.1) is 18.3 Å². The number of nitrogens with zero attached hydrogens (tertiary/aromatic N) is 1. The third-order valence-corrected chi connectivity index (χ3v) is 5.47. The maximum absolute atomic E-state index is 13.4. The summed E-state index contributed by atoms with van der Waals surface area (Å²) in [5.74, 6) is -0.212. The number of carbonyl (C=O) groups is 3. The number of anilines is 1. The predicted molar refractivity (Wildman–Crippen MR) is 117 cm³/mol. The Morgan fingerprint density at radius 3 is 2.45 bits per heavy atom. The lowest BCUT2D eigenvalue weighted by atomic mass is 9.83. The predicted octanol–water partition coefficient (Wildman–Crippen LogP) is 2.67. The van der Waals surface area contributed by atoms with Gasteiger partial charge in [-0.15, -0.1) is 0 Å². The Balaban J connectivity index is 2.18. The molecule has 31 heavy (non-hydrogen) atoms. The molecule has 0 aliphatic heterocycles. The van der Waals surface area contributed by atoms with E-state index < -0.39 is 23.4 Å². The van der Waals surface area contributed by atoms with E-state index in [1.54, 1.807) is 17.6 Å². The van der Waals surface area contributed by atoms with Crippen molar-refractivity contribution in [3.8, 4) is 5.75 Å². The van der Waals surface area contributed by atoms with Crippen molar-refractivity contribution in [2.45, 2.75) is 53.0 Å². The second kappa shape index (κ2) is 10.5. The average molecular weight is 435 g/mol. The lowest BCUT2D eigenvalue weighted by Gasteiger charge is -2.37. The molecule has 0 aromatic heterocycles. The van der Waals surface area contributed by atoms with E-state index >= 15 is 0 Å². The molecule has 1 unspecified atom stereocenters. The highest BCUT2D eigenvalue weighted by Gasteiger charge is 2.37. The summed E-state index contributed by atoms with van der Waals surface area (Å²) in [6.45, 7) is 7.57. The highest BCUT2D eigenvalue weighted by molar-refractivity contribution is 5.96. The zero-order valence-corrected chi connectivity index (χ0v) is 18.9. The number of ether oxygens (including phenoxy) is 1. The Labute approximate surface area is 183 Å². The van der Waals surface area contributed by atoms with E-state index in [0.717, 1.165) is 24.8 Å². The van der Waals surface area contributed by atoms with Crippen LogP contribution in [0.3, 0.4) is 0 Å². The third-order valence-electron chi connectivity index (χ3n) is 5.47. The average Bonchev–Trinajstić information content (AvgIpc) is 2.66. The number of urea groups is 1. The number of hydroxylamine groups is 1. The molecule has 0 bridgehead atoms. The summed E-state index contributed by atoms with van der Waals surface area (Å²) in [6.07, 6.45) is 3.08. The molecule has 1 aromatic carbocycles. The minimum Gasteiger partial charge on any atom is -0.495 e. The monoisotopic (exact) mass is 434 g/mol. The van der Waals surface area contributed by atoms with Crippen molar-refractivity contribution in [2.24, 2.45) is 11.3 Å². The normalized spacial score (nSPS) is 14.8. The molecular weight excluding hydrogens is 400 g/mol. The third kappa shape index (κ3) is 6.85. The Bertz CT molecular complexity index is 802. The molecule has 0 spiro atoms. The molecule has 0 heterocycles. The lowest BCUT2D eigenvalue weighted by Crippen LogP contribution is -2.57. The smallest absolute Gasteiger partial charge is 0.320 e. The summed E-state index contributed by atoms with van der Waals surface area (Å²) in [7, 11) is 1.51. The molecule has 9 heteroatoms. The van der Waals surface area contributed by atoms with Gasteiger partial charge in [0.2, 0.25) is 5.91 Å². The molecule has 1 aromatic rings. The number of nitrogens with one attached hydrogen (secondary N) is 3. The van der Waals surface area contributed by atoms with Gasteiger partial charge in [0.15, 0.2) is 0 Å². The van der Waals surface area contributed by atoms with E-state index in [1.807, 2.05) is 33.8 Å². The molecule has 0 radical (unpaired) electrons. The summed E-state index contributed by atoms with van der Waals surface area (Å²) < 4.78 is 5.29. The molecule has 1 aliphatic rings. The Morgan fingerprint density at radius 1 is 1.26 bits per heavy atom. The van der Waals surface area contributed by atoms with E-state index in [1.165, 1.54) is 12.0 Å². The maximum Gasteiger partial charge on any atom is 0.320 e. The Morgan fingerprint density at radius 2 is 1.94 bits per heavy atom. The van der Waals surface area contributed by atoms with Crippen LogP contribution in [0.15, 0.2) is 18.2 Å². The molecular formula is C22H34N4O5. The van der Waals surface area contributed by atoms with Gasteiger partial charge in [-0.1, -0.05) is 33.3 Å². The van der Waals surface area contributed by atoms with Crippen molar-refractivity contribution in [1.29, 1.82) is 0 Å². The van der Waals surface area contributed by atoms with Gasteiger partial charge in [0.1, 0.15) is 18.3 Å². The van der Waals surface area contributed by atoms with Crippen molar-refractivity contribution < 1.29 is 24.3 Å². The van der Waals surface area contributed by atoms with E-state index in [9.17, 15) is 14.4 Å². The van der Waals surface area contributed by atoms with Crippen LogP contribution in [0.25, 0.3) is 0 Å². The first-order chi connectivity index (χ1) is 14.5. The number of aryl methyl sites for hydroxylation is 1. The van der Waals surface area contributed by atoms with Crippen molar-refractivity contribution in [3.05, 3.63) is 23.8 Å². The van der Waals surface area contributed by atoms with Gasteiger partial charge in [-0.3, -0.25) is 14.8 Å². The number of hydrogen-bond acceptors (Lipinski definition) is 5. The molecule has 9 nitrogen and oxygen atoms in total. The fraction of sp³-hybridized carbons (Fsp3) is 0.591. The van der Waals surface area contributed by atoms with Gasteiger partial charge in [0, 0.05) is 6.54 Å². The van der Waals surface area contributed by atoms with Crippen LogP contribution < -0.4 is 20.9 Å². The highest BCUT2D eigenvalue weighted by Crippen LogP contribution is 2.29. The summed E-state index contributed by atoms with van der Waals surface area (Å²) in [5.41, 5.74) is 2.41. The zero-order chi connectivity index (χ0) is 23.2. The number of methoxy groups -OCH3 is 1. The lowest BCUT2D eigenvalue weighted by molar-refractivity contribution is -0.143. The minimum atomic E-state index is -0.880. The second-order valence-electron chi connectivity index (χ2n) is 9.15. The molecule has 1 aliphatic carbocycles. The van der Waals surface area contributed by atoms with Crippen LogP contribution in [-0.4, -0.2) is 54.2 Å². The Kier molecular flexibility index (Phi) is 8.27. The molecule has 172 valence electrons. The quantitative estimate of drug-likeness (QED) is 0.370. The SMILES string of the molecule is COc1ccc(C)cc1NC(=O)NC(C(=O)N(CC(=O)NO)CC1CCC1)C(C)(C)C. The largest absolute Gasteiger partial charge is 0.495 e. The zero-order valence-electron chi connectivity index (χ0n) is 18.9. The summed E-state index contributed by atoms with van der Waals surface area (Å²) in [4.78, 5) is 39.4. The number of rotatable bonds is 8. The molecule has 1 fully saturated rings. The fourth-order valence-electron chi connectivity index (χ4n) is 3.47. The van der Waals surface area contributed by atoms with Crippen LogP contribution in [0.1, 0.15) is 45.6 Å². The van der Waals surface area contributed by atoms with Gasteiger partial charge in [0.05, 0.1) is 12.8 Å². The van der Waals surface area contributed by atoms with Crippen LogP contribution >= 0.6 is 0 Å². The topological polar surface area (TPSA) is 120 Å². The molecule has 4 amide bonds. The summed E-state index contributed by atoms with van der Waals surface area (Å²) in [6, 6.07) is 3.97. The standard InChI is InChI=1S/C22H34N4O5/c1-14-9-10-17(31-5)16(11-14)23-21(29)24-19(22(2,3)4)20(28)26(13-18(27)25-30)12-15-7-6-8-15/h9-11,15,19,30H,6-8,12-13H2,1-5H3,(H,25,27)(H2,23,24,29). The summed E-state index contributed by atoms with van der Waals surface area (Å²) >= 11 is 0. The van der Waals surface area contributed by atoms with Crippen molar-refractivity contribution in [3.63, 3.8) is 0 Å². The highest BCUT2D eigenvalue weighted by atomic mass is 16.5. The van der Waals surface area contributed by atoms with Crippen LogP contribution in [0.5, 0.6) is 5.75 Å². The first kappa shape index (κ1) is 24.5. The number of hydrogen-bond donors (Lipinski definition) is 4. The Hall–Kier alpha value is -2.81. The van der Waals surface area contributed by atoms with Crippen LogP contribution in [0.4, 0.5) is 10.5 Å². The van der Waals surface area contributed by atoms with Crippen molar-refractivity contribution in [1.82, 2.24) is 15.7 Å². The van der Waals surface area contributed by atoms with Crippen LogP contribution in [0.2, 0.25) is 0 Å². The van der Waals surface area contributed by atoms with Crippen molar-refractivity contribution >= 4 is 23.5 Å². The van der Waals surface area contributed by atoms with Gasteiger partial charge < -0.3 is 20.3 Å². The van der Waals surface area contributed by atoms with Gasteiger partial charge in [-0.2, -0.15) is 0 Å². The van der Waals surface area contributed by atoms with E-state index in [2.05, 4.69) is 10.6 Å². The molecule has 1 atom stereocenters. The molecule has 1 saturated carbocycles. The number of carbonyl (C=O) groups excluding carboxylic acids is 3. The maximum atomic E-state index is 13.4. The molecule has 2 rings (SSSR count). The van der Waals surface area contributed by atoms with Crippen LogP contribution in [-0.2, 0) is 9.59 Å². The van der Waals surface area contributed by atoms with Gasteiger partial charge >= 0.3 is 6.03 Å². The minimum absolute atomic E-state index is 0.270. The van der Waals surface area contributed by atoms with E-state index in [4.69, 9.17) is 9.94 Å². The van der Waals surface area contributed by atoms with Gasteiger partial charge in [0.25, 0.3) is 5.91 Å². The van der Waals surface area contributed by atoms with Crippen molar-refractivity contribution in [2.75, 3.05) is 25.5 Å². The first-order valence-corrected chi connectivity index (χ1v) is 10.5. The van der Waals surface area contributed by atoms with Gasteiger partial charge in [-0.05, 0) is 48.8 Å². The molecule has 4 N–H and O–H groups in total. The second-order valence-corrected chi connectivity index (χ2v) is 9.15. The van der Waals surface area contributed by atoms with E-state index in [0.29, 0.717) is 23.9 Å². The summed E-state index contributed by atoms with van der Waals surface area (Å²) in [5, 5.41) is 14.4. The fourth-order valence-corrected chi connectivity index (χ4v) is 3.47. The molecule has 0 saturated heterocycles. The first-order valence-electron chi connectivity index (χ1n) is 10.5. The van der Waals surface area contributed by atoms with Gasteiger partial charge in [-0.25, -0.2) is 10.3 Å². The number of amides is 4.